The molecule has 0 unspecified atom stereocenters. The minimum absolute atomic E-state index is 0.137. The van der Waals surface area contributed by atoms with Gasteiger partial charge in [-0.2, -0.15) is 0 Å². The summed E-state index contributed by atoms with van der Waals surface area (Å²) in [5, 5.41) is 1.02. The van der Waals surface area contributed by atoms with Crippen LogP contribution in [0.2, 0.25) is 0 Å². The molecule has 0 bridgehead atoms. The normalized spacial score (nSPS) is 10.5. The number of aromatic nitrogens is 1. The minimum atomic E-state index is -0.419. The maximum atomic E-state index is 11.9. The molecule has 0 amide bonds. The van der Waals surface area contributed by atoms with Crippen LogP contribution in [0.3, 0.4) is 0 Å². The molecule has 0 fully saturated rings. The average molecular weight is 337 g/mol. The van der Waals surface area contributed by atoms with E-state index >= 15 is 0 Å². The van der Waals surface area contributed by atoms with Gasteiger partial charge in [-0.25, -0.2) is 0 Å². The van der Waals surface area contributed by atoms with Crippen LogP contribution in [0, 0.1) is 0 Å². The lowest BCUT2D eigenvalue weighted by Crippen LogP contribution is -2.15. The molecule has 0 N–H and O–H groups in total. The van der Waals surface area contributed by atoms with Gasteiger partial charge in [0.1, 0.15) is 0 Å². The Hall–Kier alpha value is -2.66. The molecule has 0 saturated heterocycles. The number of carbonyl (C=O) groups is 2. The number of para-hydroxylation sites is 1. The average Bonchev–Trinajstić information content (AvgIpc) is 2.65. The molecule has 0 atom stereocenters. The zero-order chi connectivity index (χ0) is 16.8. The lowest BCUT2D eigenvalue weighted by molar-refractivity contribution is -0.139. The Morgan fingerprint density at radius 2 is 1.75 bits per heavy atom. The number of carbonyl (C=O) groups excluding carboxylic acids is 2. The van der Waals surface area contributed by atoms with Crippen molar-refractivity contribution < 1.29 is 14.3 Å². The Kier molecular flexibility index (Phi) is 5.23. The molecule has 3 aromatic rings. The van der Waals surface area contributed by atoms with Gasteiger partial charge in [0.2, 0.25) is 0 Å². The molecular weight excluding hydrogens is 322 g/mol. The van der Waals surface area contributed by atoms with Crippen LogP contribution in [0.5, 0.6) is 0 Å². The van der Waals surface area contributed by atoms with E-state index in [1.54, 1.807) is 30.5 Å². The molecule has 120 valence electrons. The number of esters is 1. The predicted molar refractivity (Wildman–Crippen MR) is 94.2 cm³/mol. The Morgan fingerprint density at radius 1 is 0.958 bits per heavy atom. The fourth-order valence-corrected chi connectivity index (χ4v) is 3.06. The lowest BCUT2D eigenvalue weighted by Gasteiger charge is -2.06. The van der Waals surface area contributed by atoms with Crippen molar-refractivity contribution in [2.75, 3.05) is 12.4 Å². The number of hydrogen-bond donors (Lipinski definition) is 0. The van der Waals surface area contributed by atoms with Gasteiger partial charge in [0.15, 0.2) is 12.4 Å². The first-order chi connectivity index (χ1) is 11.7. The third kappa shape index (κ3) is 4.00. The highest BCUT2D eigenvalue weighted by Gasteiger charge is 2.11. The van der Waals surface area contributed by atoms with Crippen LogP contribution < -0.4 is 0 Å². The molecule has 3 rings (SSSR count). The van der Waals surface area contributed by atoms with Gasteiger partial charge in [0.25, 0.3) is 0 Å². The molecule has 0 aliphatic heterocycles. The number of pyridine rings is 1. The number of nitrogens with zero attached hydrogens (tertiary/aromatic N) is 1. The van der Waals surface area contributed by atoms with Gasteiger partial charge in [0.05, 0.1) is 11.3 Å². The van der Waals surface area contributed by atoms with Crippen LogP contribution in [0.4, 0.5) is 0 Å². The van der Waals surface area contributed by atoms with Gasteiger partial charge in [-0.3, -0.25) is 14.6 Å². The van der Waals surface area contributed by atoms with Crippen molar-refractivity contribution in [3.63, 3.8) is 0 Å². The summed E-state index contributed by atoms with van der Waals surface area (Å²) in [6, 6.07) is 18.5. The van der Waals surface area contributed by atoms with E-state index in [4.69, 9.17) is 4.74 Å². The van der Waals surface area contributed by atoms with E-state index in [-0.39, 0.29) is 18.1 Å². The number of rotatable bonds is 6. The van der Waals surface area contributed by atoms with Gasteiger partial charge < -0.3 is 4.74 Å². The van der Waals surface area contributed by atoms with Gasteiger partial charge in [-0.15, -0.1) is 11.8 Å². The van der Waals surface area contributed by atoms with Crippen molar-refractivity contribution in [2.45, 2.75) is 4.90 Å². The molecular formula is C19H15NO3S. The third-order valence-corrected chi connectivity index (χ3v) is 4.42. The first-order valence-corrected chi connectivity index (χ1v) is 8.43. The fourth-order valence-electron chi connectivity index (χ4n) is 2.22. The smallest absolute Gasteiger partial charge is 0.316 e. The summed E-state index contributed by atoms with van der Waals surface area (Å²) >= 11 is 1.36. The van der Waals surface area contributed by atoms with E-state index in [2.05, 4.69) is 4.98 Å². The minimum Gasteiger partial charge on any atom is -0.457 e. The fraction of sp³-hybridized carbons (Fsp3) is 0.105. The zero-order valence-electron chi connectivity index (χ0n) is 12.8. The number of benzene rings is 2. The van der Waals surface area contributed by atoms with Crippen molar-refractivity contribution >= 4 is 34.4 Å². The van der Waals surface area contributed by atoms with E-state index in [0.717, 1.165) is 15.8 Å². The zero-order valence-corrected chi connectivity index (χ0v) is 13.7. The van der Waals surface area contributed by atoms with Crippen LogP contribution in [0.1, 0.15) is 10.4 Å². The van der Waals surface area contributed by atoms with Crippen molar-refractivity contribution in [1.82, 2.24) is 4.98 Å². The number of Topliss-reactive ketones (excluding diaryl/α,β-unsaturated/α-hetero) is 1. The second-order valence-electron chi connectivity index (χ2n) is 5.07. The first-order valence-electron chi connectivity index (χ1n) is 7.44. The second kappa shape index (κ2) is 7.75. The molecule has 0 saturated carbocycles. The summed E-state index contributed by atoms with van der Waals surface area (Å²) < 4.78 is 5.06. The summed E-state index contributed by atoms with van der Waals surface area (Å²) in [5.74, 6) is -0.490. The highest BCUT2D eigenvalue weighted by molar-refractivity contribution is 8.00. The summed E-state index contributed by atoms with van der Waals surface area (Å²) in [6.07, 6.45) is 1.73. The molecule has 1 aromatic heterocycles. The molecule has 1 heterocycles. The van der Waals surface area contributed by atoms with E-state index < -0.39 is 5.97 Å². The number of hydrogen-bond acceptors (Lipinski definition) is 5. The monoisotopic (exact) mass is 337 g/mol. The SMILES string of the molecule is O=C(CSc1cccc2cccnc12)OCC(=O)c1ccccc1. The molecule has 0 aliphatic rings. The molecule has 2 aromatic carbocycles. The first kappa shape index (κ1) is 16.2. The maximum Gasteiger partial charge on any atom is 0.316 e. The van der Waals surface area contributed by atoms with Crippen molar-refractivity contribution in [3.8, 4) is 0 Å². The second-order valence-corrected chi connectivity index (χ2v) is 6.09. The molecule has 0 radical (unpaired) electrons. The molecule has 0 aliphatic carbocycles. The summed E-state index contributed by atoms with van der Waals surface area (Å²) in [6.45, 7) is -0.239. The van der Waals surface area contributed by atoms with Gasteiger partial charge in [-0.1, -0.05) is 48.5 Å². The van der Waals surface area contributed by atoms with Gasteiger partial charge in [0, 0.05) is 22.0 Å². The molecule has 0 spiro atoms. The predicted octanol–water partition coefficient (Wildman–Crippen LogP) is 3.75. The van der Waals surface area contributed by atoms with E-state index in [1.165, 1.54) is 11.8 Å². The van der Waals surface area contributed by atoms with E-state index in [9.17, 15) is 9.59 Å². The summed E-state index contributed by atoms with van der Waals surface area (Å²) in [5.41, 5.74) is 1.40. The maximum absolute atomic E-state index is 11.9. The Labute approximate surface area is 143 Å². The van der Waals surface area contributed by atoms with Crippen LogP contribution in [0.15, 0.2) is 71.8 Å². The highest BCUT2D eigenvalue weighted by Crippen LogP contribution is 2.26. The van der Waals surface area contributed by atoms with E-state index in [0.29, 0.717) is 5.56 Å². The van der Waals surface area contributed by atoms with Crippen molar-refractivity contribution in [3.05, 3.63) is 72.4 Å². The number of fused-ring (bicyclic) bond motifs is 1. The number of thioether (sulfide) groups is 1. The largest absolute Gasteiger partial charge is 0.457 e. The Bertz CT molecular complexity index is 859. The summed E-state index contributed by atoms with van der Waals surface area (Å²) in [4.78, 5) is 29.0. The van der Waals surface area contributed by atoms with Crippen LogP contribution >= 0.6 is 11.8 Å². The van der Waals surface area contributed by atoms with Crippen LogP contribution in [-0.4, -0.2) is 29.1 Å². The van der Waals surface area contributed by atoms with Crippen LogP contribution in [0.25, 0.3) is 10.9 Å². The number of ketones is 1. The molecule has 4 nitrogen and oxygen atoms in total. The molecule has 5 heteroatoms. The van der Waals surface area contributed by atoms with Crippen LogP contribution in [-0.2, 0) is 9.53 Å². The quantitative estimate of drug-likeness (QED) is 0.389. The Balaban J connectivity index is 1.55. The lowest BCUT2D eigenvalue weighted by atomic mass is 10.1. The third-order valence-electron chi connectivity index (χ3n) is 3.40. The van der Waals surface area contributed by atoms with Gasteiger partial charge >= 0.3 is 5.97 Å². The highest BCUT2D eigenvalue weighted by atomic mass is 32.2. The van der Waals surface area contributed by atoms with E-state index in [1.807, 2.05) is 36.4 Å². The summed E-state index contributed by atoms with van der Waals surface area (Å²) in [7, 11) is 0. The Morgan fingerprint density at radius 3 is 2.58 bits per heavy atom. The topological polar surface area (TPSA) is 56.3 Å². The van der Waals surface area contributed by atoms with Gasteiger partial charge in [-0.05, 0) is 12.1 Å². The number of ether oxygens (including phenoxy) is 1. The molecule has 24 heavy (non-hydrogen) atoms. The van der Waals surface area contributed by atoms with Crippen molar-refractivity contribution in [1.29, 1.82) is 0 Å². The standard InChI is InChI=1S/C19H15NO3S/c21-16(14-6-2-1-3-7-14)12-23-18(22)13-24-17-10-4-8-15-9-5-11-20-19(15)17/h1-11H,12-13H2. The van der Waals surface area contributed by atoms with Crippen molar-refractivity contribution in [2.24, 2.45) is 0 Å².